The number of hydrogen-bond donors (Lipinski definition) is 0. The van der Waals surface area contributed by atoms with Crippen LogP contribution in [0, 0.1) is 17.2 Å². The zero-order valence-corrected chi connectivity index (χ0v) is 12.6. The molecule has 1 aromatic heterocycles. The van der Waals surface area contributed by atoms with E-state index in [1.807, 2.05) is 6.07 Å². The molecule has 0 N–H and O–H groups in total. The first-order valence-electron chi connectivity index (χ1n) is 6.83. The van der Waals surface area contributed by atoms with Gasteiger partial charge in [-0.05, 0) is 37.3 Å². The standard InChI is InChI=1S/C14H19N3O2S/c1-11(2)7-9-17(12-5-6-12)20(18,19)14-4-3-8-16-13(14)10-15/h3-4,8,11-12H,5-7,9H2,1-2H3. The number of nitriles is 1. The summed E-state index contributed by atoms with van der Waals surface area (Å²) >= 11 is 0. The highest BCUT2D eigenvalue weighted by Gasteiger charge is 2.38. The maximum Gasteiger partial charge on any atom is 0.246 e. The number of aromatic nitrogens is 1. The van der Waals surface area contributed by atoms with Gasteiger partial charge in [-0.25, -0.2) is 13.4 Å². The minimum Gasteiger partial charge on any atom is -0.244 e. The lowest BCUT2D eigenvalue weighted by Crippen LogP contribution is -2.35. The molecule has 1 fully saturated rings. The summed E-state index contributed by atoms with van der Waals surface area (Å²) in [4.78, 5) is 3.88. The lowest BCUT2D eigenvalue weighted by atomic mass is 10.1. The van der Waals surface area contributed by atoms with Crippen LogP contribution in [0.4, 0.5) is 0 Å². The van der Waals surface area contributed by atoms with Gasteiger partial charge in [-0.1, -0.05) is 13.8 Å². The van der Waals surface area contributed by atoms with Crippen LogP contribution in [0.5, 0.6) is 0 Å². The van der Waals surface area contributed by atoms with Crippen LogP contribution in [0.1, 0.15) is 38.8 Å². The maximum atomic E-state index is 12.7. The second-order valence-corrected chi connectivity index (χ2v) is 7.35. The first-order chi connectivity index (χ1) is 9.46. The Morgan fingerprint density at radius 3 is 2.75 bits per heavy atom. The molecular formula is C14H19N3O2S. The Labute approximate surface area is 120 Å². The monoisotopic (exact) mass is 293 g/mol. The highest BCUT2D eigenvalue weighted by molar-refractivity contribution is 7.89. The third kappa shape index (κ3) is 3.17. The molecule has 1 aromatic rings. The summed E-state index contributed by atoms with van der Waals surface area (Å²) in [5.74, 6) is 0.441. The molecule has 0 spiro atoms. The number of rotatable bonds is 6. The molecule has 0 saturated heterocycles. The average Bonchev–Trinajstić information content (AvgIpc) is 3.23. The Kier molecular flexibility index (Phi) is 4.41. The quantitative estimate of drug-likeness (QED) is 0.805. The number of pyridine rings is 1. The molecule has 5 nitrogen and oxygen atoms in total. The molecule has 1 aliphatic rings. The van der Waals surface area contributed by atoms with E-state index in [0.717, 1.165) is 19.3 Å². The van der Waals surface area contributed by atoms with E-state index in [2.05, 4.69) is 18.8 Å². The smallest absolute Gasteiger partial charge is 0.244 e. The molecule has 108 valence electrons. The Morgan fingerprint density at radius 1 is 1.50 bits per heavy atom. The molecule has 0 atom stereocenters. The van der Waals surface area contributed by atoms with Crippen LogP contribution >= 0.6 is 0 Å². The van der Waals surface area contributed by atoms with Crippen molar-refractivity contribution in [3.63, 3.8) is 0 Å². The predicted octanol–water partition coefficient (Wildman–Crippen LogP) is 2.15. The zero-order valence-electron chi connectivity index (χ0n) is 11.8. The molecule has 0 amide bonds. The molecule has 1 aliphatic carbocycles. The first kappa shape index (κ1) is 14.9. The third-order valence-electron chi connectivity index (χ3n) is 3.34. The van der Waals surface area contributed by atoms with Crippen LogP contribution in [-0.4, -0.2) is 30.3 Å². The van der Waals surface area contributed by atoms with E-state index >= 15 is 0 Å². The van der Waals surface area contributed by atoms with Crippen molar-refractivity contribution >= 4 is 10.0 Å². The van der Waals surface area contributed by atoms with Gasteiger partial charge in [-0.15, -0.1) is 0 Å². The van der Waals surface area contributed by atoms with Crippen molar-refractivity contribution in [1.82, 2.24) is 9.29 Å². The van der Waals surface area contributed by atoms with Gasteiger partial charge in [0.2, 0.25) is 10.0 Å². The maximum absolute atomic E-state index is 12.7. The van der Waals surface area contributed by atoms with E-state index in [9.17, 15) is 8.42 Å². The van der Waals surface area contributed by atoms with Crippen molar-refractivity contribution in [3.05, 3.63) is 24.0 Å². The van der Waals surface area contributed by atoms with E-state index in [4.69, 9.17) is 5.26 Å². The topological polar surface area (TPSA) is 74.1 Å². The fourth-order valence-electron chi connectivity index (χ4n) is 2.06. The van der Waals surface area contributed by atoms with E-state index in [-0.39, 0.29) is 16.6 Å². The highest BCUT2D eigenvalue weighted by Crippen LogP contribution is 2.33. The molecular weight excluding hydrogens is 274 g/mol. The van der Waals surface area contributed by atoms with Crippen molar-refractivity contribution in [2.45, 2.75) is 44.0 Å². The van der Waals surface area contributed by atoms with Gasteiger partial charge in [0.05, 0.1) is 0 Å². The van der Waals surface area contributed by atoms with E-state index in [0.29, 0.717) is 12.5 Å². The Balaban J connectivity index is 2.33. The molecule has 0 unspecified atom stereocenters. The van der Waals surface area contributed by atoms with Gasteiger partial charge in [0.15, 0.2) is 5.69 Å². The average molecular weight is 293 g/mol. The molecule has 0 aliphatic heterocycles. The second kappa shape index (κ2) is 5.90. The van der Waals surface area contributed by atoms with Gasteiger partial charge in [0, 0.05) is 18.8 Å². The van der Waals surface area contributed by atoms with Crippen molar-refractivity contribution in [3.8, 4) is 6.07 Å². The van der Waals surface area contributed by atoms with Crippen molar-refractivity contribution in [2.24, 2.45) is 5.92 Å². The summed E-state index contributed by atoms with van der Waals surface area (Å²) in [7, 11) is -3.63. The number of hydrogen-bond acceptors (Lipinski definition) is 4. The first-order valence-corrected chi connectivity index (χ1v) is 8.27. The summed E-state index contributed by atoms with van der Waals surface area (Å²) in [6.45, 7) is 4.65. The SMILES string of the molecule is CC(C)CCN(C1CC1)S(=O)(=O)c1cccnc1C#N. The molecule has 20 heavy (non-hydrogen) atoms. The van der Waals surface area contributed by atoms with Gasteiger partial charge in [-0.2, -0.15) is 9.57 Å². The minimum absolute atomic E-state index is 0.0253. The van der Waals surface area contributed by atoms with Gasteiger partial charge in [-0.3, -0.25) is 0 Å². The minimum atomic E-state index is -3.63. The normalized spacial score (nSPS) is 15.6. The largest absolute Gasteiger partial charge is 0.246 e. The van der Waals surface area contributed by atoms with Crippen LogP contribution in [-0.2, 0) is 10.0 Å². The summed E-state index contributed by atoms with van der Waals surface area (Å²) in [5, 5.41) is 9.04. The molecule has 6 heteroatoms. The molecule has 1 saturated carbocycles. The summed E-state index contributed by atoms with van der Waals surface area (Å²) in [5.41, 5.74) is -0.0253. The molecule has 0 bridgehead atoms. The molecule has 1 heterocycles. The van der Waals surface area contributed by atoms with E-state index in [1.54, 1.807) is 10.4 Å². The van der Waals surface area contributed by atoms with Crippen LogP contribution in [0.15, 0.2) is 23.2 Å². The Hall–Kier alpha value is -1.45. The fraction of sp³-hybridized carbons (Fsp3) is 0.571. The van der Waals surface area contributed by atoms with Crippen molar-refractivity contribution < 1.29 is 8.42 Å². The lowest BCUT2D eigenvalue weighted by molar-refractivity contribution is 0.373. The fourth-order valence-corrected chi connectivity index (χ4v) is 3.85. The van der Waals surface area contributed by atoms with Crippen LogP contribution in [0.2, 0.25) is 0 Å². The van der Waals surface area contributed by atoms with E-state index < -0.39 is 10.0 Å². The number of nitrogens with zero attached hydrogens (tertiary/aromatic N) is 3. The molecule has 0 radical (unpaired) electrons. The third-order valence-corrected chi connectivity index (χ3v) is 5.33. The van der Waals surface area contributed by atoms with Gasteiger partial charge in [0.25, 0.3) is 0 Å². The second-order valence-electron chi connectivity index (χ2n) is 5.49. The summed E-state index contributed by atoms with van der Waals surface area (Å²) in [6, 6.07) is 4.97. The highest BCUT2D eigenvalue weighted by atomic mass is 32.2. The van der Waals surface area contributed by atoms with Crippen molar-refractivity contribution in [1.29, 1.82) is 5.26 Å². The lowest BCUT2D eigenvalue weighted by Gasteiger charge is -2.23. The van der Waals surface area contributed by atoms with Crippen LogP contribution in [0.25, 0.3) is 0 Å². The summed E-state index contributed by atoms with van der Waals surface area (Å²) < 4.78 is 27.0. The molecule has 0 aromatic carbocycles. The van der Waals surface area contributed by atoms with Gasteiger partial charge >= 0.3 is 0 Å². The summed E-state index contributed by atoms with van der Waals surface area (Å²) in [6.07, 6.45) is 4.06. The van der Waals surface area contributed by atoms with Crippen molar-refractivity contribution in [2.75, 3.05) is 6.54 Å². The Morgan fingerprint density at radius 2 is 2.20 bits per heavy atom. The van der Waals surface area contributed by atoms with Gasteiger partial charge < -0.3 is 0 Å². The Bertz CT molecular complexity index is 616. The molecule has 2 rings (SSSR count). The predicted molar refractivity (Wildman–Crippen MR) is 75.3 cm³/mol. The number of sulfonamides is 1. The van der Waals surface area contributed by atoms with Crippen LogP contribution in [0.3, 0.4) is 0 Å². The van der Waals surface area contributed by atoms with E-state index in [1.165, 1.54) is 12.3 Å². The van der Waals surface area contributed by atoms with Gasteiger partial charge in [0.1, 0.15) is 11.0 Å². The van der Waals surface area contributed by atoms with Crippen LogP contribution < -0.4 is 0 Å². The zero-order chi connectivity index (χ0) is 14.8.